The third-order valence-electron chi connectivity index (χ3n) is 4.12. The van der Waals surface area contributed by atoms with E-state index in [0.29, 0.717) is 11.8 Å². The Hall–Kier alpha value is -1.06. The first-order valence-corrected chi connectivity index (χ1v) is 8.04. The van der Waals surface area contributed by atoms with Crippen LogP contribution in [0.2, 0.25) is 0 Å². The number of imidazole rings is 1. The van der Waals surface area contributed by atoms with Crippen LogP contribution in [0.5, 0.6) is 0 Å². The zero-order valence-electron chi connectivity index (χ0n) is 12.1. The number of rotatable bonds is 5. The van der Waals surface area contributed by atoms with Crippen molar-refractivity contribution in [3.63, 3.8) is 0 Å². The topological polar surface area (TPSA) is 21.1 Å². The molecule has 3 nitrogen and oxygen atoms in total. The number of fused-ring (bicyclic) bond motifs is 1. The van der Waals surface area contributed by atoms with Gasteiger partial charge in [0, 0.05) is 13.1 Å². The highest BCUT2D eigenvalue weighted by atomic mass is 35.5. The second-order valence-corrected chi connectivity index (χ2v) is 6.14. The van der Waals surface area contributed by atoms with Gasteiger partial charge in [0.15, 0.2) is 0 Å². The Morgan fingerprint density at radius 2 is 1.95 bits per heavy atom. The second-order valence-electron chi connectivity index (χ2n) is 5.87. The highest BCUT2D eigenvalue weighted by molar-refractivity contribution is 6.16. The van der Waals surface area contributed by atoms with E-state index in [1.54, 1.807) is 0 Å². The number of para-hydroxylation sites is 2. The summed E-state index contributed by atoms with van der Waals surface area (Å²) in [6, 6.07) is 8.31. The number of hydrogen-bond donors (Lipinski definition) is 0. The maximum absolute atomic E-state index is 6.06. The molecule has 20 heavy (non-hydrogen) atoms. The van der Waals surface area contributed by atoms with Gasteiger partial charge in [-0.05, 0) is 44.0 Å². The van der Waals surface area contributed by atoms with Crippen molar-refractivity contribution >= 4 is 22.6 Å². The standard InChI is InChI=1S/C16H22ClN3/c1-13(11-19-8-4-5-9-19)12-20-15-7-3-2-6-14(15)18-16(20)10-17/h2-3,6-7,13H,4-5,8-12H2,1H3. The lowest BCUT2D eigenvalue weighted by Gasteiger charge is -2.21. The van der Waals surface area contributed by atoms with Gasteiger partial charge in [-0.2, -0.15) is 0 Å². The summed E-state index contributed by atoms with van der Waals surface area (Å²) in [5, 5.41) is 0. The molecular weight excluding hydrogens is 270 g/mol. The van der Waals surface area contributed by atoms with Crippen LogP contribution in [0.3, 0.4) is 0 Å². The Bertz CT molecular complexity index is 572. The van der Waals surface area contributed by atoms with Crippen LogP contribution in [0.1, 0.15) is 25.6 Å². The molecule has 0 saturated carbocycles. The summed E-state index contributed by atoms with van der Waals surface area (Å²) in [4.78, 5) is 7.21. The number of alkyl halides is 1. The Kier molecular flexibility index (Phi) is 4.27. The minimum absolute atomic E-state index is 0.477. The molecule has 0 bridgehead atoms. The van der Waals surface area contributed by atoms with Gasteiger partial charge in [0.05, 0.1) is 16.9 Å². The van der Waals surface area contributed by atoms with Crippen molar-refractivity contribution in [3.8, 4) is 0 Å². The highest BCUT2D eigenvalue weighted by Gasteiger charge is 2.17. The summed E-state index contributed by atoms with van der Waals surface area (Å²) in [5.74, 6) is 2.08. The molecule has 0 N–H and O–H groups in total. The van der Waals surface area contributed by atoms with E-state index in [0.717, 1.165) is 17.9 Å². The average molecular weight is 292 g/mol. The fourth-order valence-corrected chi connectivity index (χ4v) is 3.41. The normalized spacial score (nSPS) is 17.9. The summed E-state index contributed by atoms with van der Waals surface area (Å²) >= 11 is 6.06. The van der Waals surface area contributed by atoms with Gasteiger partial charge in [-0.3, -0.25) is 0 Å². The van der Waals surface area contributed by atoms with Gasteiger partial charge in [0.25, 0.3) is 0 Å². The first-order chi connectivity index (χ1) is 9.78. The molecule has 0 radical (unpaired) electrons. The van der Waals surface area contributed by atoms with Crippen molar-refractivity contribution in [1.29, 1.82) is 0 Å². The van der Waals surface area contributed by atoms with Crippen LogP contribution in [0, 0.1) is 5.92 Å². The van der Waals surface area contributed by atoms with Crippen molar-refractivity contribution in [2.75, 3.05) is 19.6 Å². The number of halogens is 1. The van der Waals surface area contributed by atoms with Crippen LogP contribution in [0.25, 0.3) is 11.0 Å². The maximum Gasteiger partial charge on any atom is 0.124 e. The van der Waals surface area contributed by atoms with E-state index in [1.807, 2.05) is 6.07 Å². The summed E-state index contributed by atoms with van der Waals surface area (Å²) < 4.78 is 2.29. The SMILES string of the molecule is CC(CN1CCCC1)Cn1c(CCl)nc2ccccc21. The lowest BCUT2D eigenvalue weighted by molar-refractivity contribution is 0.272. The molecule has 1 aliphatic heterocycles. The molecule has 108 valence electrons. The Labute approximate surface area is 125 Å². The van der Waals surface area contributed by atoms with Crippen molar-refractivity contribution in [1.82, 2.24) is 14.5 Å². The molecule has 2 heterocycles. The van der Waals surface area contributed by atoms with E-state index in [9.17, 15) is 0 Å². The van der Waals surface area contributed by atoms with Gasteiger partial charge in [0.2, 0.25) is 0 Å². The van der Waals surface area contributed by atoms with Crippen molar-refractivity contribution in [3.05, 3.63) is 30.1 Å². The van der Waals surface area contributed by atoms with E-state index in [1.165, 1.54) is 38.0 Å². The molecule has 1 saturated heterocycles. The molecule has 1 aromatic heterocycles. The lowest BCUT2D eigenvalue weighted by Crippen LogP contribution is -2.27. The fraction of sp³-hybridized carbons (Fsp3) is 0.562. The summed E-state index contributed by atoms with van der Waals surface area (Å²) in [7, 11) is 0. The highest BCUT2D eigenvalue weighted by Crippen LogP contribution is 2.20. The third-order valence-corrected chi connectivity index (χ3v) is 4.35. The van der Waals surface area contributed by atoms with Crippen molar-refractivity contribution < 1.29 is 0 Å². The summed E-state index contributed by atoms with van der Waals surface area (Å²) in [5.41, 5.74) is 2.26. The Morgan fingerprint density at radius 3 is 2.70 bits per heavy atom. The zero-order valence-corrected chi connectivity index (χ0v) is 12.8. The molecule has 0 aliphatic carbocycles. The molecule has 1 fully saturated rings. The Morgan fingerprint density at radius 1 is 1.20 bits per heavy atom. The van der Waals surface area contributed by atoms with Gasteiger partial charge >= 0.3 is 0 Å². The third kappa shape index (κ3) is 2.84. The Balaban J connectivity index is 1.78. The van der Waals surface area contributed by atoms with Gasteiger partial charge in [0.1, 0.15) is 5.82 Å². The minimum Gasteiger partial charge on any atom is -0.327 e. The van der Waals surface area contributed by atoms with Gasteiger partial charge in [-0.1, -0.05) is 19.1 Å². The molecule has 0 amide bonds. The summed E-state index contributed by atoms with van der Waals surface area (Å²) in [6.07, 6.45) is 2.71. The minimum atomic E-state index is 0.477. The predicted molar refractivity (Wildman–Crippen MR) is 84.1 cm³/mol. The smallest absolute Gasteiger partial charge is 0.124 e. The van der Waals surface area contributed by atoms with Crippen LogP contribution in [0.4, 0.5) is 0 Å². The molecule has 1 atom stereocenters. The van der Waals surface area contributed by atoms with Crippen LogP contribution in [-0.4, -0.2) is 34.1 Å². The van der Waals surface area contributed by atoms with Crippen LogP contribution in [0.15, 0.2) is 24.3 Å². The van der Waals surface area contributed by atoms with Gasteiger partial charge in [-0.15, -0.1) is 11.6 Å². The monoisotopic (exact) mass is 291 g/mol. The number of aromatic nitrogens is 2. The molecule has 1 unspecified atom stereocenters. The van der Waals surface area contributed by atoms with E-state index in [2.05, 4.69) is 39.6 Å². The molecule has 1 aromatic carbocycles. The van der Waals surface area contributed by atoms with E-state index < -0.39 is 0 Å². The molecule has 4 heteroatoms. The maximum atomic E-state index is 6.06. The predicted octanol–water partition coefficient (Wildman–Crippen LogP) is 3.51. The number of hydrogen-bond acceptors (Lipinski definition) is 2. The van der Waals surface area contributed by atoms with Crippen LogP contribution < -0.4 is 0 Å². The lowest BCUT2D eigenvalue weighted by atomic mass is 10.1. The molecule has 0 spiro atoms. The van der Waals surface area contributed by atoms with Crippen molar-refractivity contribution in [2.24, 2.45) is 5.92 Å². The van der Waals surface area contributed by atoms with Gasteiger partial charge in [-0.25, -0.2) is 4.98 Å². The number of benzene rings is 1. The number of likely N-dealkylation sites (tertiary alicyclic amines) is 1. The van der Waals surface area contributed by atoms with E-state index in [-0.39, 0.29) is 0 Å². The van der Waals surface area contributed by atoms with Crippen LogP contribution >= 0.6 is 11.6 Å². The second kappa shape index (κ2) is 6.15. The van der Waals surface area contributed by atoms with Crippen LogP contribution in [-0.2, 0) is 12.4 Å². The number of nitrogens with zero attached hydrogens (tertiary/aromatic N) is 3. The summed E-state index contributed by atoms with van der Waals surface area (Å²) in [6.45, 7) is 7.02. The first kappa shape index (κ1) is 13.9. The van der Waals surface area contributed by atoms with Gasteiger partial charge < -0.3 is 9.47 Å². The zero-order chi connectivity index (χ0) is 13.9. The fourth-order valence-electron chi connectivity index (χ4n) is 3.21. The van der Waals surface area contributed by atoms with E-state index >= 15 is 0 Å². The molecule has 1 aliphatic rings. The van der Waals surface area contributed by atoms with E-state index in [4.69, 9.17) is 11.6 Å². The van der Waals surface area contributed by atoms with Crippen molar-refractivity contribution in [2.45, 2.75) is 32.2 Å². The quantitative estimate of drug-likeness (QED) is 0.786. The average Bonchev–Trinajstić information content (AvgIpc) is 3.07. The largest absolute Gasteiger partial charge is 0.327 e. The molecule has 3 rings (SSSR count). The molecular formula is C16H22ClN3. The first-order valence-electron chi connectivity index (χ1n) is 7.50. The molecule has 2 aromatic rings.